The van der Waals surface area contributed by atoms with Crippen LogP contribution in [0.4, 0.5) is 0 Å². The van der Waals surface area contributed by atoms with Gasteiger partial charge in [0.25, 0.3) is 5.56 Å². The van der Waals surface area contributed by atoms with Crippen LogP contribution in [0, 0.1) is 0 Å². The van der Waals surface area contributed by atoms with Crippen molar-refractivity contribution in [1.82, 2.24) is 4.57 Å². The number of aromatic hydroxyl groups is 1. The van der Waals surface area contributed by atoms with Gasteiger partial charge < -0.3 is 24.1 Å². The molecule has 0 radical (unpaired) electrons. The number of rotatable bonds is 8. The number of aromatic nitrogens is 1. The van der Waals surface area contributed by atoms with E-state index in [1.165, 1.54) is 19.2 Å². The highest BCUT2D eigenvalue weighted by molar-refractivity contribution is 5.91. The first kappa shape index (κ1) is 28.3. The maximum absolute atomic E-state index is 13.3. The molecule has 4 aromatic rings. The normalized spacial score (nSPS) is 21.3. The summed E-state index contributed by atoms with van der Waals surface area (Å²) in [7, 11) is 0. The molecule has 1 unspecified atom stereocenters. The van der Waals surface area contributed by atoms with Gasteiger partial charge in [0.2, 0.25) is 0 Å². The number of hydrogen-bond acceptors (Lipinski definition) is 9. The molecule has 42 heavy (non-hydrogen) atoms. The summed E-state index contributed by atoms with van der Waals surface area (Å²) in [5.41, 5.74) is -1.75. The maximum atomic E-state index is 13.3. The van der Waals surface area contributed by atoms with Gasteiger partial charge in [0.1, 0.15) is 18.5 Å². The SMILES string of the molecule is C[C@]1(OC(=O)c2ccccc2)C(OC(=O)c2ccccc2)[C@@H](COC(=O)c2ccccc2)O[C@H]1n1ccc(O)cc1=O. The van der Waals surface area contributed by atoms with E-state index in [1.807, 2.05) is 0 Å². The second kappa shape index (κ2) is 12.1. The molecular formula is C32H27NO9. The minimum Gasteiger partial charge on any atom is -0.508 e. The highest BCUT2D eigenvalue weighted by Gasteiger charge is 2.60. The van der Waals surface area contributed by atoms with E-state index in [-0.39, 0.29) is 22.4 Å². The lowest BCUT2D eigenvalue weighted by molar-refractivity contribution is -0.111. The van der Waals surface area contributed by atoms with E-state index >= 15 is 0 Å². The Labute approximate surface area is 240 Å². The molecule has 4 atom stereocenters. The van der Waals surface area contributed by atoms with Crippen molar-refractivity contribution in [3.63, 3.8) is 0 Å². The molecule has 1 aliphatic heterocycles. The van der Waals surface area contributed by atoms with E-state index in [4.69, 9.17) is 18.9 Å². The highest BCUT2D eigenvalue weighted by Crippen LogP contribution is 2.43. The fourth-order valence-corrected chi connectivity index (χ4v) is 4.73. The minimum atomic E-state index is -1.80. The van der Waals surface area contributed by atoms with Gasteiger partial charge in [0, 0.05) is 12.3 Å². The standard InChI is InChI=1S/C32H27NO9/c1-32(42-30(38)23-15-9-4-10-16-23)27(41-29(37)22-13-7-3-8-14-22)25(20-39-28(36)21-11-5-2-6-12-21)40-31(32)33-18-17-24(34)19-26(33)35/h2-19,25,27,31,34H,20H2,1H3/t25-,27?,31-,32+/m1/s1. The lowest BCUT2D eigenvalue weighted by Crippen LogP contribution is -2.51. The summed E-state index contributed by atoms with van der Waals surface area (Å²) < 4.78 is 24.8. The Balaban J connectivity index is 1.54. The number of hydrogen-bond donors (Lipinski definition) is 1. The Morgan fingerprint density at radius 3 is 1.88 bits per heavy atom. The number of benzene rings is 3. The van der Waals surface area contributed by atoms with Crippen molar-refractivity contribution in [1.29, 1.82) is 0 Å². The number of esters is 3. The summed E-state index contributed by atoms with van der Waals surface area (Å²) in [4.78, 5) is 52.4. The molecule has 214 valence electrons. The lowest BCUT2D eigenvalue weighted by Gasteiger charge is -2.34. The van der Waals surface area contributed by atoms with Crippen LogP contribution in [0.2, 0.25) is 0 Å². The zero-order valence-corrected chi connectivity index (χ0v) is 22.5. The smallest absolute Gasteiger partial charge is 0.338 e. The predicted octanol–water partition coefficient (Wildman–Crippen LogP) is 4.15. The van der Waals surface area contributed by atoms with Gasteiger partial charge in [-0.05, 0) is 49.4 Å². The molecule has 0 spiro atoms. The third kappa shape index (κ3) is 5.93. The number of nitrogens with zero attached hydrogens (tertiary/aromatic N) is 1. The van der Waals surface area contributed by atoms with Crippen LogP contribution >= 0.6 is 0 Å². The van der Waals surface area contributed by atoms with Crippen LogP contribution in [0.3, 0.4) is 0 Å². The minimum absolute atomic E-state index is 0.211. The van der Waals surface area contributed by atoms with E-state index < -0.39 is 54.1 Å². The molecule has 1 N–H and O–H groups in total. The van der Waals surface area contributed by atoms with Crippen LogP contribution in [-0.2, 0) is 18.9 Å². The van der Waals surface area contributed by atoms with Crippen molar-refractivity contribution < 1.29 is 38.4 Å². The summed E-state index contributed by atoms with van der Waals surface area (Å²) >= 11 is 0. The third-order valence-corrected chi connectivity index (χ3v) is 6.83. The van der Waals surface area contributed by atoms with Gasteiger partial charge in [0.05, 0.1) is 16.7 Å². The van der Waals surface area contributed by atoms with Gasteiger partial charge in [-0.2, -0.15) is 0 Å². The molecule has 0 saturated carbocycles. The molecule has 1 aliphatic rings. The Morgan fingerprint density at radius 1 is 0.810 bits per heavy atom. The van der Waals surface area contributed by atoms with Crippen molar-refractivity contribution in [2.45, 2.75) is 31.0 Å². The van der Waals surface area contributed by atoms with E-state index in [1.54, 1.807) is 91.0 Å². The van der Waals surface area contributed by atoms with Crippen LogP contribution < -0.4 is 5.56 Å². The molecule has 1 saturated heterocycles. The largest absolute Gasteiger partial charge is 0.508 e. The fraction of sp³-hybridized carbons (Fsp3) is 0.188. The van der Waals surface area contributed by atoms with Crippen LogP contribution in [0.5, 0.6) is 5.75 Å². The molecule has 3 aromatic carbocycles. The quantitative estimate of drug-likeness (QED) is 0.246. The second-order valence-electron chi connectivity index (χ2n) is 9.75. The van der Waals surface area contributed by atoms with Gasteiger partial charge in [-0.1, -0.05) is 54.6 Å². The zero-order chi connectivity index (χ0) is 29.7. The molecule has 2 heterocycles. The predicted molar refractivity (Wildman–Crippen MR) is 149 cm³/mol. The molecule has 10 heteroatoms. The van der Waals surface area contributed by atoms with E-state index in [0.29, 0.717) is 0 Å². The van der Waals surface area contributed by atoms with Gasteiger partial charge in [-0.15, -0.1) is 0 Å². The van der Waals surface area contributed by atoms with E-state index in [0.717, 1.165) is 10.6 Å². The lowest BCUT2D eigenvalue weighted by atomic mass is 9.95. The summed E-state index contributed by atoms with van der Waals surface area (Å²) in [5.74, 6) is -2.44. The topological polar surface area (TPSA) is 130 Å². The van der Waals surface area contributed by atoms with Crippen molar-refractivity contribution in [3.8, 4) is 5.75 Å². The molecule has 10 nitrogen and oxygen atoms in total. The molecule has 1 aromatic heterocycles. The Kier molecular flexibility index (Phi) is 8.16. The Bertz CT molecular complexity index is 1620. The number of ether oxygens (including phenoxy) is 4. The van der Waals surface area contributed by atoms with Crippen LogP contribution in [0.15, 0.2) is 114 Å². The summed E-state index contributed by atoms with van der Waals surface area (Å²) in [6.07, 6.45) is -2.57. The summed E-state index contributed by atoms with van der Waals surface area (Å²) in [6.45, 7) is 1.07. The van der Waals surface area contributed by atoms with Crippen LogP contribution in [-0.4, -0.2) is 52.0 Å². The van der Waals surface area contributed by atoms with Crippen molar-refractivity contribution >= 4 is 17.9 Å². The monoisotopic (exact) mass is 569 g/mol. The molecule has 0 bridgehead atoms. The summed E-state index contributed by atoms with van der Waals surface area (Å²) in [6, 6.07) is 26.8. The van der Waals surface area contributed by atoms with Gasteiger partial charge in [-0.25, -0.2) is 14.4 Å². The van der Waals surface area contributed by atoms with E-state index in [2.05, 4.69) is 0 Å². The number of carbonyl (C=O) groups is 3. The molecular weight excluding hydrogens is 542 g/mol. The number of pyridine rings is 1. The third-order valence-electron chi connectivity index (χ3n) is 6.83. The fourth-order valence-electron chi connectivity index (χ4n) is 4.73. The zero-order valence-electron chi connectivity index (χ0n) is 22.5. The van der Waals surface area contributed by atoms with Gasteiger partial charge >= 0.3 is 17.9 Å². The van der Waals surface area contributed by atoms with Crippen LogP contribution in [0.1, 0.15) is 44.2 Å². The molecule has 5 rings (SSSR count). The van der Waals surface area contributed by atoms with Crippen LogP contribution in [0.25, 0.3) is 0 Å². The average Bonchev–Trinajstić information content (AvgIpc) is 3.27. The number of carbonyl (C=O) groups excluding carboxylic acids is 3. The second-order valence-corrected chi connectivity index (χ2v) is 9.75. The molecule has 0 aliphatic carbocycles. The maximum Gasteiger partial charge on any atom is 0.338 e. The van der Waals surface area contributed by atoms with Gasteiger partial charge in [0.15, 0.2) is 17.9 Å². The first-order valence-electron chi connectivity index (χ1n) is 13.1. The summed E-state index contributed by atoms with van der Waals surface area (Å²) in [5, 5.41) is 9.84. The van der Waals surface area contributed by atoms with E-state index in [9.17, 15) is 24.3 Å². The molecule has 1 fully saturated rings. The Morgan fingerprint density at radius 2 is 1.33 bits per heavy atom. The Hall–Kier alpha value is -5.22. The first-order valence-corrected chi connectivity index (χ1v) is 13.1. The highest BCUT2D eigenvalue weighted by atomic mass is 16.7. The average molecular weight is 570 g/mol. The van der Waals surface area contributed by atoms with Crippen molar-refractivity contribution in [3.05, 3.63) is 136 Å². The first-order chi connectivity index (χ1) is 20.3. The van der Waals surface area contributed by atoms with Crippen molar-refractivity contribution in [2.24, 2.45) is 0 Å². The van der Waals surface area contributed by atoms with Crippen molar-refractivity contribution in [2.75, 3.05) is 6.61 Å². The molecule has 0 amide bonds. The van der Waals surface area contributed by atoms with Gasteiger partial charge in [-0.3, -0.25) is 9.36 Å².